The Morgan fingerprint density at radius 2 is 1.88 bits per heavy atom. The molecule has 2 heteroatoms. The molecular formula is C14H21NO. The van der Waals surface area contributed by atoms with Gasteiger partial charge in [-0.25, -0.2) is 0 Å². The molecule has 0 bridgehead atoms. The van der Waals surface area contributed by atoms with Crippen molar-refractivity contribution in [3.8, 4) is 5.75 Å². The summed E-state index contributed by atoms with van der Waals surface area (Å²) in [5.74, 6) is 1.31. The summed E-state index contributed by atoms with van der Waals surface area (Å²) in [4.78, 5) is 0. The van der Waals surface area contributed by atoms with E-state index in [1.165, 1.54) is 0 Å². The van der Waals surface area contributed by atoms with E-state index in [0.29, 0.717) is 12.5 Å². The van der Waals surface area contributed by atoms with Crippen molar-refractivity contribution < 1.29 is 4.74 Å². The molecule has 1 aromatic rings. The van der Waals surface area contributed by atoms with Crippen molar-refractivity contribution in [3.63, 3.8) is 0 Å². The highest BCUT2D eigenvalue weighted by Gasteiger charge is 2.09. The Balaban J connectivity index is 2.64. The van der Waals surface area contributed by atoms with Crippen LogP contribution in [-0.2, 0) is 0 Å². The number of hydrogen-bond donors (Lipinski definition) is 1. The van der Waals surface area contributed by atoms with Crippen LogP contribution in [-0.4, -0.2) is 6.61 Å². The third kappa shape index (κ3) is 3.70. The summed E-state index contributed by atoms with van der Waals surface area (Å²) in [5.41, 5.74) is 8.22. The van der Waals surface area contributed by atoms with Crippen molar-refractivity contribution in [2.75, 3.05) is 6.61 Å². The van der Waals surface area contributed by atoms with Gasteiger partial charge in [0.05, 0.1) is 0 Å². The maximum absolute atomic E-state index is 6.06. The van der Waals surface area contributed by atoms with Crippen LogP contribution in [0.25, 0.3) is 0 Å². The van der Waals surface area contributed by atoms with Crippen LogP contribution in [0.15, 0.2) is 36.4 Å². The average Bonchev–Trinajstić information content (AvgIpc) is 2.26. The zero-order valence-electron chi connectivity index (χ0n) is 10.4. The summed E-state index contributed by atoms with van der Waals surface area (Å²) < 4.78 is 5.52. The predicted octanol–water partition coefficient (Wildman–Crippen LogP) is 3.30. The molecule has 0 aliphatic rings. The number of rotatable bonds is 5. The highest BCUT2D eigenvalue weighted by molar-refractivity contribution is 5.29. The molecule has 2 nitrogen and oxygen atoms in total. The Labute approximate surface area is 98.1 Å². The highest BCUT2D eigenvalue weighted by atomic mass is 16.5. The van der Waals surface area contributed by atoms with Crippen LogP contribution in [0.4, 0.5) is 0 Å². The second-order valence-electron chi connectivity index (χ2n) is 4.58. The first-order chi connectivity index (χ1) is 7.50. The van der Waals surface area contributed by atoms with Gasteiger partial charge in [0.15, 0.2) is 0 Å². The van der Waals surface area contributed by atoms with Crippen LogP contribution in [0.2, 0.25) is 0 Å². The SMILES string of the molecule is C=C(C)COc1ccc(C(N)C(C)C)cc1. The Morgan fingerprint density at radius 3 is 2.31 bits per heavy atom. The van der Waals surface area contributed by atoms with Gasteiger partial charge in [0.1, 0.15) is 12.4 Å². The summed E-state index contributed by atoms with van der Waals surface area (Å²) in [6.45, 7) is 10.5. The first-order valence-corrected chi connectivity index (χ1v) is 5.63. The van der Waals surface area contributed by atoms with E-state index in [0.717, 1.165) is 16.9 Å². The zero-order valence-corrected chi connectivity index (χ0v) is 10.4. The largest absolute Gasteiger partial charge is 0.489 e. The quantitative estimate of drug-likeness (QED) is 0.771. The fraction of sp³-hybridized carbons (Fsp3) is 0.429. The maximum Gasteiger partial charge on any atom is 0.119 e. The van der Waals surface area contributed by atoms with E-state index in [9.17, 15) is 0 Å². The zero-order chi connectivity index (χ0) is 12.1. The first kappa shape index (κ1) is 12.8. The fourth-order valence-corrected chi connectivity index (χ4v) is 1.38. The van der Waals surface area contributed by atoms with Crippen molar-refractivity contribution >= 4 is 0 Å². The second kappa shape index (κ2) is 5.71. The monoisotopic (exact) mass is 219 g/mol. The van der Waals surface area contributed by atoms with Crippen LogP contribution in [0.5, 0.6) is 5.75 Å². The van der Waals surface area contributed by atoms with Crippen molar-refractivity contribution in [3.05, 3.63) is 42.0 Å². The van der Waals surface area contributed by atoms with Crippen LogP contribution >= 0.6 is 0 Å². The van der Waals surface area contributed by atoms with Gasteiger partial charge in [0.25, 0.3) is 0 Å². The maximum atomic E-state index is 6.06. The van der Waals surface area contributed by atoms with Gasteiger partial charge in [-0.15, -0.1) is 0 Å². The second-order valence-corrected chi connectivity index (χ2v) is 4.58. The van der Waals surface area contributed by atoms with Gasteiger partial charge in [0, 0.05) is 6.04 Å². The molecule has 0 fully saturated rings. The third-order valence-electron chi connectivity index (χ3n) is 2.47. The molecule has 0 amide bonds. The Bertz CT molecular complexity index is 340. The van der Waals surface area contributed by atoms with Gasteiger partial charge in [-0.05, 0) is 36.1 Å². The summed E-state index contributed by atoms with van der Waals surface area (Å²) >= 11 is 0. The van der Waals surface area contributed by atoms with Gasteiger partial charge in [-0.3, -0.25) is 0 Å². The summed E-state index contributed by atoms with van der Waals surface area (Å²) in [7, 11) is 0. The van der Waals surface area contributed by atoms with Crippen molar-refractivity contribution in [1.29, 1.82) is 0 Å². The molecule has 1 atom stereocenters. The van der Waals surface area contributed by atoms with Gasteiger partial charge >= 0.3 is 0 Å². The summed E-state index contributed by atoms with van der Waals surface area (Å²) in [6.07, 6.45) is 0. The molecule has 0 spiro atoms. The molecule has 16 heavy (non-hydrogen) atoms. The molecule has 0 aromatic heterocycles. The first-order valence-electron chi connectivity index (χ1n) is 5.63. The van der Waals surface area contributed by atoms with E-state index < -0.39 is 0 Å². The van der Waals surface area contributed by atoms with E-state index in [2.05, 4.69) is 20.4 Å². The molecule has 0 aliphatic carbocycles. The topological polar surface area (TPSA) is 35.2 Å². The lowest BCUT2D eigenvalue weighted by Gasteiger charge is -2.16. The van der Waals surface area contributed by atoms with E-state index in [1.54, 1.807) is 0 Å². The lowest BCUT2D eigenvalue weighted by atomic mass is 9.97. The highest BCUT2D eigenvalue weighted by Crippen LogP contribution is 2.21. The lowest BCUT2D eigenvalue weighted by Crippen LogP contribution is -2.16. The van der Waals surface area contributed by atoms with Crippen LogP contribution in [0.1, 0.15) is 32.4 Å². The molecule has 2 N–H and O–H groups in total. The summed E-state index contributed by atoms with van der Waals surface area (Å²) in [6, 6.07) is 8.06. The number of benzene rings is 1. The van der Waals surface area contributed by atoms with Gasteiger partial charge in [-0.1, -0.05) is 32.6 Å². The van der Waals surface area contributed by atoms with Crippen molar-refractivity contribution in [1.82, 2.24) is 0 Å². The average molecular weight is 219 g/mol. The molecule has 88 valence electrons. The lowest BCUT2D eigenvalue weighted by molar-refractivity contribution is 0.352. The van der Waals surface area contributed by atoms with Crippen molar-refractivity contribution in [2.45, 2.75) is 26.8 Å². The number of nitrogens with two attached hydrogens (primary N) is 1. The minimum absolute atomic E-state index is 0.0928. The van der Waals surface area contributed by atoms with Gasteiger partial charge < -0.3 is 10.5 Å². The molecule has 0 aliphatic heterocycles. The van der Waals surface area contributed by atoms with Crippen LogP contribution in [0.3, 0.4) is 0 Å². The minimum atomic E-state index is 0.0928. The minimum Gasteiger partial charge on any atom is -0.489 e. The standard InChI is InChI=1S/C14H21NO/c1-10(2)9-16-13-7-5-12(6-8-13)14(15)11(3)4/h5-8,11,14H,1,9,15H2,2-4H3. The van der Waals surface area contributed by atoms with E-state index >= 15 is 0 Å². The molecule has 0 saturated heterocycles. The van der Waals surface area contributed by atoms with Crippen molar-refractivity contribution in [2.24, 2.45) is 11.7 Å². The number of hydrogen-bond acceptors (Lipinski definition) is 2. The normalized spacial score (nSPS) is 12.6. The molecule has 1 aromatic carbocycles. The molecule has 0 saturated carbocycles. The summed E-state index contributed by atoms with van der Waals surface area (Å²) in [5, 5.41) is 0. The fourth-order valence-electron chi connectivity index (χ4n) is 1.38. The van der Waals surface area contributed by atoms with Gasteiger partial charge in [-0.2, -0.15) is 0 Å². The number of ether oxygens (including phenoxy) is 1. The molecule has 0 heterocycles. The molecule has 1 unspecified atom stereocenters. The molecular weight excluding hydrogens is 198 g/mol. The Morgan fingerprint density at radius 1 is 1.31 bits per heavy atom. The predicted molar refractivity (Wildman–Crippen MR) is 68.5 cm³/mol. The Kier molecular flexibility index (Phi) is 4.56. The third-order valence-corrected chi connectivity index (χ3v) is 2.47. The Hall–Kier alpha value is -1.28. The van der Waals surface area contributed by atoms with Crippen LogP contribution < -0.4 is 10.5 Å². The van der Waals surface area contributed by atoms with Crippen LogP contribution in [0, 0.1) is 5.92 Å². The van der Waals surface area contributed by atoms with E-state index in [1.807, 2.05) is 31.2 Å². The van der Waals surface area contributed by atoms with Gasteiger partial charge in [0.2, 0.25) is 0 Å². The smallest absolute Gasteiger partial charge is 0.119 e. The van der Waals surface area contributed by atoms with E-state index in [-0.39, 0.29) is 6.04 Å². The molecule has 0 radical (unpaired) electrons. The van der Waals surface area contributed by atoms with E-state index in [4.69, 9.17) is 10.5 Å². The molecule has 1 rings (SSSR count).